The minimum atomic E-state index is -0.508. The van der Waals surface area contributed by atoms with Gasteiger partial charge in [-0.2, -0.15) is 0 Å². The van der Waals surface area contributed by atoms with Crippen LogP contribution in [0, 0.1) is 5.82 Å². The van der Waals surface area contributed by atoms with Gasteiger partial charge in [-0.3, -0.25) is 4.79 Å². The van der Waals surface area contributed by atoms with Crippen LogP contribution >= 0.6 is 0 Å². The fraction of sp³-hybridized carbons (Fsp3) is 0.304. The lowest BCUT2D eigenvalue weighted by atomic mass is 10.2. The number of fused-ring (bicyclic) bond motifs is 1. The maximum Gasteiger partial charge on any atom is 0.257 e. The molecule has 0 aliphatic heterocycles. The summed E-state index contributed by atoms with van der Waals surface area (Å²) in [4.78, 5) is 19.4. The van der Waals surface area contributed by atoms with Crippen LogP contribution in [0.5, 0.6) is 0 Å². The van der Waals surface area contributed by atoms with Crippen LogP contribution in [-0.2, 0) is 6.54 Å². The zero-order valence-corrected chi connectivity index (χ0v) is 15.9. The molecule has 5 heteroatoms. The van der Waals surface area contributed by atoms with Gasteiger partial charge < -0.3 is 9.47 Å². The summed E-state index contributed by atoms with van der Waals surface area (Å²) in [5, 5.41) is 0. The largest absolute Gasteiger partial charge is 0.327 e. The lowest BCUT2D eigenvalue weighted by Crippen LogP contribution is -2.32. The average molecular weight is 377 g/mol. The summed E-state index contributed by atoms with van der Waals surface area (Å²) in [7, 11) is 0. The highest BCUT2D eigenvalue weighted by atomic mass is 19.1. The number of hydrogen-bond acceptors (Lipinski definition) is 2. The molecule has 0 bridgehead atoms. The fourth-order valence-corrected chi connectivity index (χ4v) is 4.13. The normalized spacial score (nSPS) is 14.5. The standard InChI is InChI=1S/C23H24FN3O/c1-2-15-26(23(28)18-11-5-6-12-19(18)24)16-22-25-20-13-7-8-14-21(20)27(22)17-9-3-4-10-17/h2,5-8,11-14,17H,1,3-4,9-10,15-16H2. The first kappa shape index (κ1) is 18.4. The number of carbonyl (C=O) groups excluding carboxylic acids is 1. The predicted molar refractivity (Wildman–Crippen MR) is 109 cm³/mol. The molecule has 3 aromatic rings. The Morgan fingerprint density at radius 1 is 1.18 bits per heavy atom. The van der Waals surface area contributed by atoms with Crippen molar-refractivity contribution in [2.45, 2.75) is 38.3 Å². The zero-order chi connectivity index (χ0) is 19.5. The van der Waals surface area contributed by atoms with Gasteiger partial charge >= 0.3 is 0 Å². The van der Waals surface area contributed by atoms with Crippen molar-refractivity contribution in [2.24, 2.45) is 0 Å². The van der Waals surface area contributed by atoms with Crippen LogP contribution in [-0.4, -0.2) is 26.9 Å². The Kier molecular flexibility index (Phi) is 5.24. The van der Waals surface area contributed by atoms with Crippen LogP contribution in [0.25, 0.3) is 11.0 Å². The molecule has 0 unspecified atom stereocenters. The summed E-state index contributed by atoms with van der Waals surface area (Å²) in [6.07, 6.45) is 6.33. The highest BCUT2D eigenvalue weighted by molar-refractivity contribution is 5.94. The quantitative estimate of drug-likeness (QED) is 0.559. The molecule has 1 heterocycles. The fourth-order valence-electron chi connectivity index (χ4n) is 4.13. The van der Waals surface area contributed by atoms with E-state index in [1.54, 1.807) is 23.1 Å². The van der Waals surface area contributed by atoms with Gasteiger partial charge in [0.05, 0.1) is 23.1 Å². The van der Waals surface area contributed by atoms with Gasteiger partial charge in [0.15, 0.2) is 0 Å². The van der Waals surface area contributed by atoms with E-state index in [9.17, 15) is 9.18 Å². The van der Waals surface area contributed by atoms with Crippen LogP contribution in [0.4, 0.5) is 4.39 Å². The number of nitrogens with zero attached hydrogens (tertiary/aromatic N) is 3. The Balaban J connectivity index is 1.72. The lowest BCUT2D eigenvalue weighted by Gasteiger charge is -2.23. The van der Waals surface area contributed by atoms with Gasteiger partial charge in [0.25, 0.3) is 5.91 Å². The summed E-state index contributed by atoms with van der Waals surface area (Å²) in [6, 6.07) is 14.6. The van der Waals surface area contributed by atoms with Gasteiger partial charge in [-0.25, -0.2) is 9.37 Å². The second-order valence-electron chi connectivity index (χ2n) is 7.28. The van der Waals surface area contributed by atoms with Gasteiger partial charge in [-0.15, -0.1) is 6.58 Å². The molecule has 4 rings (SSSR count). The Morgan fingerprint density at radius 3 is 2.64 bits per heavy atom. The van der Waals surface area contributed by atoms with Gasteiger partial charge in [-0.1, -0.05) is 43.2 Å². The predicted octanol–water partition coefficient (Wildman–Crippen LogP) is 5.12. The molecule has 1 aliphatic carbocycles. The van der Waals surface area contributed by atoms with Crippen LogP contribution in [0.2, 0.25) is 0 Å². The molecule has 0 atom stereocenters. The summed E-state index contributed by atoms with van der Waals surface area (Å²) in [6.45, 7) is 4.43. The Labute approximate surface area is 164 Å². The van der Waals surface area contributed by atoms with E-state index in [0.717, 1.165) is 29.7 Å². The second-order valence-corrected chi connectivity index (χ2v) is 7.28. The average Bonchev–Trinajstić information content (AvgIpc) is 3.34. The van der Waals surface area contributed by atoms with E-state index in [1.807, 2.05) is 18.2 Å². The summed E-state index contributed by atoms with van der Waals surface area (Å²) in [5.74, 6) is -0.00599. The summed E-state index contributed by atoms with van der Waals surface area (Å²) in [5.41, 5.74) is 2.11. The number of hydrogen-bond donors (Lipinski definition) is 0. The van der Waals surface area contributed by atoms with E-state index in [1.165, 1.54) is 25.0 Å². The second kappa shape index (κ2) is 7.97. The van der Waals surface area contributed by atoms with Crippen molar-refractivity contribution in [3.8, 4) is 0 Å². The number of benzene rings is 2. The Bertz CT molecular complexity index is 1000. The van der Waals surface area contributed by atoms with Crippen molar-refractivity contribution in [1.29, 1.82) is 0 Å². The van der Waals surface area contributed by atoms with E-state index in [0.29, 0.717) is 19.1 Å². The smallest absolute Gasteiger partial charge is 0.257 e. The minimum absolute atomic E-state index is 0.0767. The number of imidazole rings is 1. The van der Waals surface area contributed by atoms with E-state index in [4.69, 9.17) is 4.98 Å². The number of para-hydroxylation sites is 2. The highest BCUT2D eigenvalue weighted by Crippen LogP contribution is 2.34. The van der Waals surface area contributed by atoms with Crippen LogP contribution in [0.15, 0.2) is 61.2 Å². The van der Waals surface area contributed by atoms with Crippen LogP contribution in [0.1, 0.15) is 47.9 Å². The maximum atomic E-state index is 14.2. The molecule has 1 fully saturated rings. The number of rotatable bonds is 6. The lowest BCUT2D eigenvalue weighted by molar-refractivity contribution is 0.0751. The molecular weight excluding hydrogens is 353 g/mol. The molecule has 2 aromatic carbocycles. The number of carbonyl (C=O) groups is 1. The molecule has 1 aromatic heterocycles. The van der Waals surface area contributed by atoms with Gasteiger partial charge in [0.2, 0.25) is 0 Å². The SMILES string of the molecule is C=CCN(Cc1nc2ccccc2n1C1CCCC1)C(=O)c1ccccc1F. The van der Waals surface area contributed by atoms with Crippen LogP contribution in [0.3, 0.4) is 0 Å². The van der Waals surface area contributed by atoms with Crippen molar-refractivity contribution in [1.82, 2.24) is 14.5 Å². The van der Waals surface area contributed by atoms with Crippen LogP contribution < -0.4 is 0 Å². The monoisotopic (exact) mass is 377 g/mol. The van der Waals surface area contributed by atoms with Gasteiger partial charge in [-0.05, 0) is 37.1 Å². The molecule has 0 radical (unpaired) electrons. The first-order valence-corrected chi connectivity index (χ1v) is 9.79. The Morgan fingerprint density at radius 2 is 1.89 bits per heavy atom. The van der Waals surface area contributed by atoms with E-state index >= 15 is 0 Å². The molecular formula is C23H24FN3O. The molecule has 0 N–H and O–H groups in total. The van der Waals surface area contributed by atoms with Crippen molar-refractivity contribution in [3.05, 3.63) is 78.4 Å². The molecule has 0 spiro atoms. The first-order valence-electron chi connectivity index (χ1n) is 9.79. The molecule has 4 nitrogen and oxygen atoms in total. The van der Waals surface area contributed by atoms with Crippen molar-refractivity contribution in [3.63, 3.8) is 0 Å². The van der Waals surface area contributed by atoms with E-state index < -0.39 is 5.82 Å². The highest BCUT2D eigenvalue weighted by Gasteiger charge is 2.25. The zero-order valence-electron chi connectivity index (χ0n) is 15.9. The van der Waals surface area contributed by atoms with Crippen molar-refractivity contribution < 1.29 is 9.18 Å². The number of aromatic nitrogens is 2. The molecule has 0 saturated heterocycles. The van der Waals surface area contributed by atoms with Crippen molar-refractivity contribution in [2.75, 3.05) is 6.54 Å². The third-order valence-electron chi connectivity index (χ3n) is 5.43. The third kappa shape index (κ3) is 3.44. The minimum Gasteiger partial charge on any atom is -0.327 e. The molecule has 1 saturated carbocycles. The van der Waals surface area contributed by atoms with E-state index in [2.05, 4.69) is 17.2 Å². The number of halogens is 1. The molecule has 1 aliphatic rings. The third-order valence-corrected chi connectivity index (χ3v) is 5.43. The maximum absolute atomic E-state index is 14.2. The first-order chi connectivity index (χ1) is 13.7. The van der Waals surface area contributed by atoms with Gasteiger partial charge in [0, 0.05) is 12.6 Å². The Hall–Kier alpha value is -2.95. The topological polar surface area (TPSA) is 38.1 Å². The molecule has 1 amide bonds. The molecule has 144 valence electrons. The van der Waals surface area contributed by atoms with Crippen molar-refractivity contribution >= 4 is 16.9 Å². The summed E-state index contributed by atoms with van der Waals surface area (Å²) >= 11 is 0. The summed E-state index contributed by atoms with van der Waals surface area (Å²) < 4.78 is 16.5. The van der Waals surface area contributed by atoms with Gasteiger partial charge in [0.1, 0.15) is 11.6 Å². The number of amides is 1. The molecule has 28 heavy (non-hydrogen) atoms. The van der Waals surface area contributed by atoms with E-state index in [-0.39, 0.29) is 11.5 Å².